The summed E-state index contributed by atoms with van der Waals surface area (Å²) in [6, 6.07) is 0. The van der Waals surface area contributed by atoms with E-state index in [1.54, 1.807) is 11.3 Å². The molecule has 16 heavy (non-hydrogen) atoms. The number of rotatable bonds is 3. The van der Waals surface area contributed by atoms with Gasteiger partial charge in [-0.15, -0.1) is 11.3 Å². The Labute approximate surface area is 97.9 Å². The van der Waals surface area contributed by atoms with Crippen LogP contribution >= 0.6 is 11.3 Å². The van der Waals surface area contributed by atoms with Gasteiger partial charge in [0.1, 0.15) is 5.01 Å². The molecule has 0 saturated carbocycles. The van der Waals surface area contributed by atoms with E-state index >= 15 is 0 Å². The third-order valence-electron chi connectivity index (χ3n) is 2.51. The summed E-state index contributed by atoms with van der Waals surface area (Å²) in [5.74, 6) is 0. The highest BCUT2D eigenvalue weighted by Crippen LogP contribution is 2.15. The van der Waals surface area contributed by atoms with Gasteiger partial charge in [0, 0.05) is 16.8 Å². The zero-order valence-corrected chi connectivity index (χ0v) is 10.3. The smallest absolute Gasteiger partial charge is 0.153 e. The van der Waals surface area contributed by atoms with Crippen LogP contribution in [-0.2, 0) is 6.54 Å². The standard InChI is InChI=1S/C11H13N3OS/c1-7-6-16-11(12-7)4-14-9(3)10(5-15)8(2)13-14/h5-6H,4H2,1-3H3. The molecule has 4 nitrogen and oxygen atoms in total. The lowest BCUT2D eigenvalue weighted by Gasteiger charge is -2.00. The molecule has 84 valence electrons. The molecule has 0 bridgehead atoms. The first-order valence-electron chi connectivity index (χ1n) is 5.02. The second kappa shape index (κ2) is 4.17. The highest BCUT2D eigenvalue weighted by atomic mass is 32.1. The summed E-state index contributed by atoms with van der Waals surface area (Å²) in [6.45, 7) is 6.36. The molecule has 0 amide bonds. The maximum Gasteiger partial charge on any atom is 0.153 e. The molecule has 0 atom stereocenters. The Bertz CT molecular complexity index is 527. The fraction of sp³-hybridized carbons (Fsp3) is 0.364. The maximum absolute atomic E-state index is 10.9. The van der Waals surface area contributed by atoms with Crippen molar-refractivity contribution in [3.8, 4) is 0 Å². The van der Waals surface area contributed by atoms with Crippen molar-refractivity contribution in [3.05, 3.63) is 33.0 Å². The Morgan fingerprint density at radius 3 is 2.69 bits per heavy atom. The Hall–Kier alpha value is -1.49. The lowest BCUT2D eigenvalue weighted by atomic mass is 10.2. The van der Waals surface area contributed by atoms with Crippen LogP contribution in [0.15, 0.2) is 5.38 Å². The van der Waals surface area contributed by atoms with Crippen molar-refractivity contribution >= 4 is 17.6 Å². The number of carbonyl (C=O) groups is 1. The zero-order valence-electron chi connectivity index (χ0n) is 9.52. The Morgan fingerprint density at radius 2 is 2.19 bits per heavy atom. The third-order valence-corrected chi connectivity index (χ3v) is 3.46. The van der Waals surface area contributed by atoms with E-state index in [1.165, 1.54) is 0 Å². The van der Waals surface area contributed by atoms with E-state index in [0.717, 1.165) is 28.4 Å². The van der Waals surface area contributed by atoms with E-state index in [9.17, 15) is 4.79 Å². The lowest BCUT2D eigenvalue weighted by molar-refractivity contribution is 0.112. The molecule has 0 N–H and O–H groups in total. The SMILES string of the molecule is Cc1csc(Cn2nc(C)c(C=O)c2C)n1. The summed E-state index contributed by atoms with van der Waals surface area (Å²) in [7, 11) is 0. The fourth-order valence-corrected chi connectivity index (χ4v) is 2.39. The van der Waals surface area contributed by atoms with Gasteiger partial charge in [0.15, 0.2) is 6.29 Å². The number of hydrogen-bond donors (Lipinski definition) is 0. The predicted octanol–water partition coefficient (Wildman–Crippen LogP) is 2.13. The Balaban J connectivity index is 2.31. The summed E-state index contributed by atoms with van der Waals surface area (Å²) in [4.78, 5) is 15.2. The predicted molar refractivity (Wildman–Crippen MR) is 63.0 cm³/mol. The van der Waals surface area contributed by atoms with Gasteiger partial charge in [-0.1, -0.05) is 0 Å². The third kappa shape index (κ3) is 1.90. The van der Waals surface area contributed by atoms with Gasteiger partial charge in [0.05, 0.1) is 17.8 Å². The Kier molecular flexibility index (Phi) is 2.87. The van der Waals surface area contributed by atoms with E-state index in [-0.39, 0.29) is 0 Å². The minimum atomic E-state index is 0.638. The van der Waals surface area contributed by atoms with Crippen LogP contribution in [0.3, 0.4) is 0 Å². The van der Waals surface area contributed by atoms with Gasteiger partial charge in [-0.2, -0.15) is 5.10 Å². The minimum Gasteiger partial charge on any atom is -0.298 e. The van der Waals surface area contributed by atoms with Crippen molar-refractivity contribution in [1.82, 2.24) is 14.8 Å². The molecule has 2 rings (SSSR count). The molecule has 0 aliphatic carbocycles. The quantitative estimate of drug-likeness (QED) is 0.766. The first-order chi connectivity index (χ1) is 7.61. The molecule has 0 aromatic carbocycles. The van der Waals surface area contributed by atoms with Crippen molar-refractivity contribution in [3.63, 3.8) is 0 Å². The van der Waals surface area contributed by atoms with Gasteiger partial charge in [0.2, 0.25) is 0 Å². The summed E-state index contributed by atoms with van der Waals surface area (Å²) >= 11 is 1.62. The average Bonchev–Trinajstić information content (AvgIpc) is 2.74. The monoisotopic (exact) mass is 235 g/mol. The van der Waals surface area contributed by atoms with Gasteiger partial charge in [-0.3, -0.25) is 9.48 Å². The minimum absolute atomic E-state index is 0.638. The number of hydrogen-bond acceptors (Lipinski definition) is 4. The van der Waals surface area contributed by atoms with Crippen molar-refractivity contribution in [1.29, 1.82) is 0 Å². The van der Waals surface area contributed by atoms with Gasteiger partial charge < -0.3 is 0 Å². The normalized spacial score (nSPS) is 10.7. The van der Waals surface area contributed by atoms with E-state index in [4.69, 9.17) is 0 Å². The van der Waals surface area contributed by atoms with E-state index in [2.05, 4.69) is 10.1 Å². The van der Waals surface area contributed by atoms with E-state index in [0.29, 0.717) is 12.1 Å². The molecule has 0 aliphatic rings. The number of aryl methyl sites for hydroxylation is 2. The van der Waals surface area contributed by atoms with E-state index < -0.39 is 0 Å². The summed E-state index contributed by atoms with van der Waals surface area (Å²) in [6.07, 6.45) is 0.862. The number of nitrogens with zero attached hydrogens (tertiary/aromatic N) is 3. The molecule has 2 aromatic rings. The van der Waals surface area contributed by atoms with Gasteiger partial charge in [-0.05, 0) is 20.8 Å². The highest BCUT2D eigenvalue weighted by Gasteiger charge is 2.11. The molecule has 2 heterocycles. The molecule has 5 heteroatoms. The summed E-state index contributed by atoms with van der Waals surface area (Å²) < 4.78 is 1.83. The summed E-state index contributed by atoms with van der Waals surface area (Å²) in [5.41, 5.74) is 3.39. The maximum atomic E-state index is 10.9. The van der Waals surface area contributed by atoms with Crippen LogP contribution in [0.1, 0.15) is 32.4 Å². The van der Waals surface area contributed by atoms with Crippen LogP contribution in [0.4, 0.5) is 0 Å². The molecule has 0 radical (unpaired) electrons. The number of aromatic nitrogens is 3. The topological polar surface area (TPSA) is 47.8 Å². The van der Waals surface area contributed by atoms with Crippen LogP contribution in [0.2, 0.25) is 0 Å². The second-order valence-corrected chi connectivity index (χ2v) is 4.69. The number of thiazole rings is 1. The van der Waals surface area contributed by atoms with Crippen LogP contribution in [0.25, 0.3) is 0 Å². The van der Waals surface area contributed by atoms with Crippen LogP contribution < -0.4 is 0 Å². The van der Waals surface area contributed by atoms with Crippen LogP contribution in [0.5, 0.6) is 0 Å². The molecular weight excluding hydrogens is 222 g/mol. The average molecular weight is 235 g/mol. The Morgan fingerprint density at radius 1 is 1.44 bits per heavy atom. The van der Waals surface area contributed by atoms with Gasteiger partial charge in [0.25, 0.3) is 0 Å². The largest absolute Gasteiger partial charge is 0.298 e. The molecule has 0 fully saturated rings. The van der Waals surface area contributed by atoms with Gasteiger partial charge >= 0.3 is 0 Å². The van der Waals surface area contributed by atoms with Crippen molar-refractivity contribution in [2.75, 3.05) is 0 Å². The molecule has 0 aliphatic heterocycles. The van der Waals surface area contributed by atoms with Crippen LogP contribution in [0, 0.1) is 20.8 Å². The first kappa shape index (κ1) is 11.0. The molecule has 0 saturated heterocycles. The first-order valence-corrected chi connectivity index (χ1v) is 5.90. The molecule has 0 unspecified atom stereocenters. The van der Waals surface area contributed by atoms with Crippen molar-refractivity contribution < 1.29 is 4.79 Å². The fourth-order valence-electron chi connectivity index (χ4n) is 1.64. The second-order valence-electron chi connectivity index (χ2n) is 3.74. The molecule has 2 aromatic heterocycles. The van der Waals surface area contributed by atoms with Gasteiger partial charge in [-0.25, -0.2) is 4.98 Å². The van der Waals surface area contributed by atoms with E-state index in [1.807, 2.05) is 30.8 Å². The van der Waals surface area contributed by atoms with Crippen molar-refractivity contribution in [2.45, 2.75) is 27.3 Å². The number of aldehydes is 1. The zero-order chi connectivity index (χ0) is 11.7. The summed E-state index contributed by atoms with van der Waals surface area (Å²) in [5, 5.41) is 7.37. The molecule has 0 spiro atoms. The van der Waals surface area contributed by atoms with Crippen molar-refractivity contribution in [2.24, 2.45) is 0 Å². The number of carbonyl (C=O) groups excluding carboxylic acids is 1. The highest BCUT2D eigenvalue weighted by molar-refractivity contribution is 7.09. The van der Waals surface area contributed by atoms with Crippen LogP contribution in [-0.4, -0.2) is 21.1 Å². The lowest BCUT2D eigenvalue weighted by Crippen LogP contribution is -2.04. The molecular formula is C11H13N3OS.